The van der Waals surface area contributed by atoms with E-state index in [0.29, 0.717) is 6.42 Å². The van der Waals surface area contributed by atoms with Crippen molar-refractivity contribution in [2.24, 2.45) is 0 Å². The molecule has 3 heteroatoms. The molecule has 2 nitrogen and oxygen atoms in total. The SMILES string of the molecule is O=C(Cc1ccccc1)N1CCCC1Cc1ccc(F)cc1. The van der Waals surface area contributed by atoms with Crippen molar-refractivity contribution >= 4 is 5.91 Å². The van der Waals surface area contributed by atoms with E-state index in [1.54, 1.807) is 0 Å². The lowest BCUT2D eigenvalue weighted by atomic mass is 10.0. The number of hydrogen-bond donors (Lipinski definition) is 0. The maximum Gasteiger partial charge on any atom is 0.227 e. The van der Waals surface area contributed by atoms with E-state index in [0.717, 1.165) is 36.9 Å². The molecule has 1 aliphatic heterocycles. The fourth-order valence-electron chi connectivity index (χ4n) is 3.14. The Labute approximate surface area is 130 Å². The number of hydrogen-bond acceptors (Lipinski definition) is 1. The molecule has 3 rings (SSSR count). The molecule has 1 atom stereocenters. The van der Waals surface area contributed by atoms with Crippen LogP contribution in [0.3, 0.4) is 0 Å². The lowest BCUT2D eigenvalue weighted by Gasteiger charge is -2.25. The summed E-state index contributed by atoms with van der Waals surface area (Å²) in [6.45, 7) is 0.831. The number of benzene rings is 2. The van der Waals surface area contributed by atoms with Gasteiger partial charge >= 0.3 is 0 Å². The molecular weight excluding hydrogens is 277 g/mol. The lowest BCUT2D eigenvalue weighted by Crippen LogP contribution is -2.37. The van der Waals surface area contributed by atoms with E-state index in [-0.39, 0.29) is 17.8 Å². The molecule has 1 saturated heterocycles. The number of carbonyl (C=O) groups is 1. The predicted octanol–water partition coefficient (Wildman–Crippen LogP) is 3.60. The van der Waals surface area contributed by atoms with Gasteiger partial charge in [0.25, 0.3) is 0 Å². The molecule has 22 heavy (non-hydrogen) atoms. The van der Waals surface area contributed by atoms with Crippen molar-refractivity contribution < 1.29 is 9.18 Å². The highest BCUT2D eigenvalue weighted by Crippen LogP contribution is 2.22. The van der Waals surface area contributed by atoms with Crippen LogP contribution in [0.5, 0.6) is 0 Å². The minimum absolute atomic E-state index is 0.191. The zero-order chi connectivity index (χ0) is 15.4. The van der Waals surface area contributed by atoms with E-state index in [1.165, 1.54) is 12.1 Å². The summed E-state index contributed by atoms with van der Waals surface area (Å²) in [6, 6.07) is 16.7. The molecule has 0 aromatic heterocycles. The summed E-state index contributed by atoms with van der Waals surface area (Å²) in [7, 11) is 0. The molecule has 0 bridgehead atoms. The zero-order valence-electron chi connectivity index (χ0n) is 12.5. The topological polar surface area (TPSA) is 20.3 Å². The molecule has 1 aliphatic rings. The van der Waals surface area contributed by atoms with Gasteiger partial charge in [-0.15, -0.1) is 0 Å². The number of nitrogens with zero attached hydrogens (tertiary/aromatic N) is 1. The summed E-state index contributed by atoms with van der Waals surface area (Å²) in [6.07, 6.45) is 3.34. The molecule has 0 aliphatic carbocycles. The first-order valence-corrected chi connectivity index (χ1v) is 7.80. The quantitative estimate of drug-likeness (QED) is 0.844. The average molecular weight is 297 g/mol. The van der Waals surface area contributed by atoms with E-state index in [1.807, 2.05) is 47.4 Å². The Bertz CT molecular complexity index is 624. The summed E-state index contributed by atoms with van der Waals surface area (Å²) in [4.78, 5) is 14.5. The van der Waals surface area contributed by atoms with Gasteiger partial charge in [-0.25, -0.2) is 4.39 Å². The minimum atomic E-state index is -0.216. The van der Waals surface area contributed by atoms with Crippen molar-refractivity contribution in [2.45, 2.75) is 31.7 Å². The van der Waals surface area contributed by atoms with Crippen LogP contribution >= 0.6 is 0 Å². The average Bonchev–Trinajstić information content (AvgIpc) is 2.99. The van der Waals surface area contributed by atoms with Crippen molar-refractivity contribution in [3.63, 3.8) is 0 Å². The molecule has 0 saturated carbocycles. The molecule has 2 aromatic carbocycles. The Kier molecular flexibility index (Phi) is 4.52. The van der Waals surface area contributed by atoms with Crippen LogP contribution in [0.2, 0.25) is 0 Å². The molecule has 2 aromatic rings. The summed E-state index contributed by atoms with van der Waals surface area (Å²) >= 11 is 0. The number of likely N-dealkylation sites (tertiary alicyclic amines) is 1. The van der Waals surface area contributed by atoms with Crippen LogP contribution in [-0.4, -0.2) is 23.4 Å². The van der Waals surface area contributed by atoms with Gasteiger partial charge in [-0.2, -0.15) is 0 Å². The molecule has 114 valence electrons. The Morgan fingerprint density at radius 3 is 2.50 bits per heavy atom. The van der Waals surface area contributed by atoms with Gasteiger partial charge in [0.05, 0.1) is 6.42 Å². The predicted molar refractivity (Wildman–Crippen MR) is 85.0 cm³/mol. The largest absolute Gasteiger partial charge is 0.339 e. The van der Waals surface area contributed by atoms with Crippen molar-refractivity contribution in [3.8, 4) is 0 Å². The maximum atomic E-state index is 13.0. The minimum Gasteiger partial charge on any atom is -0.339 e. The third-order valence-electron chi connectivity index (χ3n) is 4.28. The first-order chi connectivity index (χ1) is 10.7. The first kappa shape index (κ1) is 14.8. The summed E-state index contributed by atoms with van der Waals surface area (Å²) in [5.74, 6) is -0.0250. The smallest absolute Gasteiger partial charge is 0.227 e. The van der Waals surface area contributed by atoms with Crippen LogP contribution in [0, 0.1) is 5.82 Å². The van der Waals surface area contributed by atoms with E-state index in [2.05, 4.69) is 0 Å². The highest BCUT2D eigenvalue weighted by molar-refractivity contribution is 5.79. The Morgan fingerprint density at radius 1 is 1.05 bits per heavy atom. The summed E-state index contributed by atoms with van der Waals surface area (Å²) < 4.78 is 13.0. The van der Waals surface area contributed by atoms with E-state index < -0.39 is 0 Å². The number of amides is 1. The molecule has 0 N–H and O–H groups in total. The molecule has 1 fully saturated rings. The number of carbonyl (C=O) groups excluding carboxylic acids is 1. The molecule has 0 spiro atoms. The van der Waals surface area contributed by atoms with Crippen LogP contribution in [0.1, 0.15) is 24.0 Å². The monoisotopic (exact) mass is 297 g/mol. The molecule has 1 unspecified atom stereocenters. The maximum absolute atomic E-state index is 13.0. The van der Waals surface area contributed by atoms with E-state index >= 15 is 0 Å². The van der Waals surface area contributed by atoms with Gasteiger partial charge in [0.15, 0.2) is 0 Å². The Morgan fingerprint density at radius 2 is 1.77 bits per heavy atom. The van der Waals surface area contributed by atoms with Gasteiger partial charge in [0, 0.05) is 12.6 Å². The van der Waals surface area contributed by atoms with Gasteiger partial charge in [-0.05, 0) is 42.5 Å². The Balaban J connectivity index is 1.65. The molecule has 1 amide bonds. The second-order valence-corrected chi connectivity index (χ2v) is 5.88. The van der Waals surface area contributed by atoms with Gasteiger partial charge in [0.1, 0.15) is 5.82 Å². The lowest BCUT2D eigenvalue weighted by molar-refractivity contribution is -0.131. The fourth-order valence-corrected chi connectivity index (χ4v) is 3.14. The van der Waals surface area contributed by atoms with Crippen LogP contribution in [0.25, 0.3) is 0 Å². The second-order valence-electron chi connectivity index (χ2n) is 5.88. The van der Waals surface area contributed by atoms with Crippen molar-refractivity contribution in [2.75, 3.05) is 6.54 Å². The van der Waals surface area contributed by atoms with Gasteiger partial charge < -0.3 is 4.90 Å². The third kappa shape index (κ3) is 3.53. The normalized spacial score (nSPS) is 17.7. The van der Waals surface area contributed by atoms with Gasteiger partial charge in [-0.3, -0.25) is 4.79 Å². The van der Waals surface area contributed by atoms with E-state index in [4.69, 9.17) is 0 Å². The highest BCUT2D eigenvalue weighted by atomic mass is 19.1. The summed E-state index contributed by atoms with van der Waals surface area (Å²) in [5.41, 5.74) is 2.14. The van der Waals surface area contributed by atoms with Crippen molar-refractivity contribution in [1.82, 2.24) is 4.90 Å². The molecular formula is C19H20FNO. The number of rotatable bonds is 4. The Hall–Kier alpha value is -2.16. The zero-order valence-corrected chi connectivity index (χ0v) is 12.5. The van der Waals surface area contributed by atoms with Crippen molar-refractivity contribution in [3.05, 3.63) is 71.5 Å². The first-order valence-electron chi connectivity index (χ1n) is 7.80. The van der Waals surface area contributed by atoms with Crippen LogP contribution < -0.4 is 0 Å². The van der Waals surface area contributed by atoms with Crippen LogP contribution in [0.15, 0.2) is 54.6 Å². The van der Waals surface area contributed by atoms with Gasteiger partial charge in [0.2, 0.25) is 5.91 Å². The standard InChI is InChI=1S/C19H20FNO/c20-17-10-8-16(9-11-17)13-18-7-4-12-21(18)19(22)14-15-5-2-1-3-6-15/h1-3,5-6,8-11,18H,4,7,12-14H2. The highest BCUT2D eigenvalue weighted by Gasteiger charge is 2.28. The van der Waals surface area contributed by atoms with E-state index in [9.17, 15) is 9.18 Å². The molecule has 0 radical (unpaired) electrons. The second kappa shape index (κ2) is 6.73. The van der Waals surface area contributed by atoms with Crippen molar-refractivity contribution in [1.29, 1.82) is 0 Å². The van der Waals surface area contributed by atoms with Crippen LogP contribution in [-0.2, 0) is 17.6 Å². The number of halogens is 1. The third-order valence-corrected chi connectivity index (χ3v) is 4.28. The van der Waals surface area contributed by atoms with Crippen LogP contribution in [0.4, 0.5) is 4.39 Å². The van der Waals surface area contributed by atoms with Gasteiger partial charge in [-0.1, -0.05) is 42.5 Å². The fraction of sp³-hybridized carbons (Fsp3) is 0.316. The summed E-state index contributed by atoms with van der Waals surface area (Å²) in [5, 5.41) is 0. The molecule has 1 heterocycles.